The molecule has 1 N–H and O–H groups in total. The topological polar surface area (TPSA) is 63.1 Å². The second-order valence-corrected chi connectivity index (χ2v) is 4.97. The van der Waals surface area contributed by atoms with Crippen molar-refractivity contribution in [2.75, 3.05) is 0 Å². The molecule has 0 amide bonds. The molecule has 0 aliphatic carbocycles. The molecule has 92 valence electrons. The van der Waals surface area contributed by atoms with E-state index in [-0.39, 0.29) is 10.6 Å². The second-order valence-electron chi connectivity index (χ2n) is 3.50. The van der Waals surface area contributed by atoms with Crippen molar-refractivity contribution < 1.29 is 9.90 Å². The molecule has 1 aromatic carbocycles. The Morgan fingerprint density at radius 2 is 2.06 bits per heavy atom. The summed E-state index contributed by atoms with van der Waals surface area (Å²) in [7, 11) is 0. The van der Waals surface area contributed by atoms with E-state index in [1.165, 1.54) is 17.8 Å². The van der Waals surface area contributed by atoms with Gasteiger partial charge < -0.3 is 5.11 Å². The van der Waals surface area contributed by atoms with Crippen LogP contribution in [0, 0.1) is 6.92 Å². The van der Waals surface area contributed by atoms with Crippen molar-refractivity contribution in [3.8, 4) is 0 Å². The van der Waals surface area contributed by atoms with Gasteiger partial charge in [0.25, 0.3) is 0 Å². The summed E-state index contributed by atoms with van der Waals surface area (Å²) in [5.74, 6) is -1.04. The number of aromatic nitrogens is 2. The molecule has 2 aromatic rings. The van der Waals surface area contributed by atoms with Crippen LogP contribution in [0.15, 0.2) is 40.5 Å². The highest BCUT2D eigenvalue weighted by Crippen LogP contribution is 2.30. The summed E-state index contributed by atoms with van der Waals surface area (Å²) in [6, 6.07) is 4.86. The number of benzene rings is 1. The molecular weight excluding hydrogens is 272 g/mol. The molecule has 1 aromatic heterocycles. The lowest BCUT2D eigenvalue weighted by atomic mass is 10.2. The van der Waals surface area contributed by atoms with Crippen molar-refractivity contribution in [1.29, 1.82) is 0 Å². The molecule has 0 atom stereocenters. The van der Waals surface area contributed by atoms with E-state index in [9.17, 15) is 4.79 Å². The first-order chi connectivity index (χ1) is 8.58. The largest absolute Gasteiger partial charge is 0.478 e. The number of hydrogen-bond donors (Lipinski definition) is 1. The van der Waals surface area contributed by atoms with Gasteiger partial charge in [-0.15, -0.1) is 0 Å². The predicted molar refractivity (Wildman–Crippen MR) is 69.3 cm³/mol. The zero-order chi connectivity index (χ0) is 13.1. The quantitative estimate of drug-likeness (QED) is 0.935. The van der Waals surface area contributed by atoms with Crippen molar-refractivity contribution in [1.82, 2.24) is 9.97 Å². The van der Waals surface area contributed by atoms with Crippen LogP contribution in [0.3, 0.4) is 0 Å². The summed E-state index contributed by atoms with van der Waals surface area (Å²) in [6.45, 7) is 1.85. The van der Waals surface area contributed by atoms with Gasteiger partial charge in [-0.05, 0) is 25.1 Å². The maximum atomic E-state index is 11.0. The summed E-state index contributed by atoms with van der Waals surface area (Å²) < 4.78 is 0. The normalized spacial score (nSPS) is 10.3. The average molecular weight is 281 g/mol. The Kier molecular flexibility index (Phi) is 3.84. The lowest BCUT2D eigenvalue weighted by Gasteiger charge is -2.05. The Bertz CT molecular complexity index is 604. The molecule has 0 aliphatic rings. The number of aryl methyl sites for hydroxylation is 1. The van der Waals surface area contributed by atoms with E-state index in [0.717, 1.165) is 15.6 Å². The first-order valence-electron chi connectivity index (χ1n) is 5.06. The maximum absolute atomic E-state index is 11.0. The number of hydrogen-bond acceptors (Lipinski definition) is 4. The fraction of sp³-hybridized carbons (Fsp3) is 0.0833. The van der Waals surface area contributed by atoms with Crippen molar-refractivity contribution in [2.24, 2.45) is 0 Å². The summed E-state index contributed by atoms with van der Waals surface area (Å²) in [4.78, 5) is 20.1. The standard InChI is InChI=1S/C12H9ClN2O2S/c1-7-11(15-5-4-14-7)18-8-2-3-10(13)9(6-8)12(16)17/h2-6H,1H3,(H,16,17). The third-order valence-corrected chi connectivity index (χ3v) is 3.63. The second kappa shape index (κ2) is 5.37. The van der Waals surface area contributed by atoms with Crippen molar-refractivity contribution in [3.63, 3.8) is 0 Å². The van der Waals surface area contributed by atoms with Gasteiger partial charge in [-0.3, -0.25) is 4.98 Å². The molecule has 2 rings (SSSR count). The van der Waals surface area contributed by atoms with Crippen molar-refractivity contribution >= 4 is 29.3 Å². The number of halogens is 1. The Labute approximate surface area is 113 Å². The van der Waals surface area contributed by atoms with Gasteiger partial charge in [0.2, 0.25) is 0 Å². The van der Waals surface area contributed by atoms with E-state index >= 15 is 0 Å². The molecule has 0 saturated carbocycles. The lowest BCUT2D eigenvalue weighted by molar-refractivity contribution is 0.0697. The van der Waals surface area contributed by atoms with Gasteiger partial charge in [0, 0.05) is 17.3 Å². The minimum Gasteiger partial charge on any atom is -0.478 e. The molecule has 1 heterocycles. The Hall–Kier alpha value is -1.59. The van der Waals surface area contributed by atoms with Gasteiger partial charge >= 0.3 is 5.97 Å². The average Bonchev–Trinajstić information content (AvgIpc) is 2.34. The number of nitrogens with zero attached hydrogens (tertiary/aromatic N) is 2. The maximum Gasteiger partial charge on any atom is 0.337 e. The van der Waals surface area contributed by atoms with E-state index in [1.54, 1.807) is 24.5 Å². The van der Waals surface area contributed by atoms with Gasteiger partial charge in [0.1, 0.15) is 5.03 Å². The van der Waals surface area contributed by atoms with Crippen LogP contribution in [0.1, 0.15) is 16.1 Å². The van der Waals surface area contributed by atoms with Gasteiger partial charge in [-0.25, -0.2) is 9.78 Å². The van der Waals surface area contributed by atoms with Crippen LogP contribution in [-0.2, 0) is 0 Å². The number of aromatic carboxylic acids is 1. The Morgan fingerprint density at radius 3 is 2.72 bits per heavy atom. The van der Waals surface area contributed by atoms with E-state index < -0.39 is 5.97 Å². The van der Waals surface area contributed by atoms with Crippen LogP contribution < -0.4 is 0 Å². The van der Waals surface area contributed by atoms with Crippen LogP contribution in [0.4, 0.5) is 0 Å². The smallest absolute Gasteiger partial charge is 0.337 e. The number of carboxylic acid groups (broad SMARTS) is 1. The zero-order valence-electron chi connectivity index (χ0n) is 9.42. The highest BCUT2D eigenvalue weighted by atomic mass is 35.5. The molecule has 0 spiro atoms. The molecule has 0 unspecified atom stereocenters. The van der Waals surface area contributed by atoms with Gasteiger partial charge in [-0.2, -0.15) is 0 Å². The fourth-order valence-corrected chi connectivity index (χ4v) is 2.39. The highest BCUT2D eigenvalue weighted by Gasteiger charge is 2.11. The summed E-state index contributed by atoms with van der Waals surface area (Å²) >= 11 is 7.17. The lowest BCUT2D eigenvalue weighted by Crippen LogP contribution is -1.97. The van der Waals surface area contributed by atoms with Gasteiger partial charge in [-0.1, -0.05) is 23.4 Å². The SMILES string of the molecule is Cc1nccnc1Sc1ccc(Cl)c(C(=O)O)c1. The first-order valence-corrected chi connectivity index (χ1v) is 6.25. The molecular formula is C12H9ClN2O2S. The zero-order valence-corrected chi connectivity index (χ0v) is 11.0. The monoisotopic (exact) mass is 280 g/mol. The van der Waals surface area contributed by atoms with E-state index in [1.807, 2.05) is 6.92 Å². The Morgan fingerprint density at radius 1 is 1.33 bits per heavy atom. The molecule has 0 fully saturated rings. The third kappa shape index (κ3) is 2.80. The van der Waals surface area contributed by atoms with Crippen LogP contribution in [0.25, 0.3) is 0 Å². The summed E-state index contributed by atoms with van der Waals surface area (Å²) in [5.41, 5.74) is 0.887. The molecule has 6 heteroatoms. The number of carbonyl (C=O) groups is 1. The third-order valence-electron chi connectivity index (χ3n) is 2.22. The van der Waals surface area contributed by atoms with Crippen LogP contribution in [-0.4, -0.2) is 21.0 Å². The van der Waals surface area contributed by atoms with Crippen molar-refractivity contribution in [3.05, 3.63) is 46.9 Å². The molecule has 4 nitrogen and oxygen atoms in total. The summed E-state index contributed by atoms with van der Waals surface area (Å²) in [6.07, 6.45) is 3.22. The number of rotatable bonds is 3. The van der Waals surface area contributed by atoms with E-state index in [2.05, 4.69) is 9.97 Å². The highest BCUT2D eigenvalue weighted by molar-refractivity contribution is 7.99. The summed E-state index contributed by atoms with van der Waals surface area (Å²) in [5, 5.41) is 9.96. The van der Waals surface area contributed by atoms with Crippen LogP contribution >= 0.6 is 23.4 Å². The molecule has 0 saturated heterocycles. The van der Waals surface area contributed by atoms with Crippen LogP contribution in [0.5, 0.6) is 0 Å². The Balaban J connectivity index is 2.33. The van der Waals surface area contributed by atoms with Gasteiger partial charge in [0.05, 0.1) is 16.3 Å². The van der Waals surface area contributed by atoms with Crippen LogP contribution in [0.2, 0.25) is 5.02 Å². The van der Waals surface area contributed by atoms with E-state index in [0.29, 0.717) is 0 Å². The molecule has 18 heavy (non-hydrogen) atoms. The van der Waals surface area contributed by atoms with Crippen molar-refractivity contribution in [2.45, 2.75) is 16.8 Å². The first kappa shape index (κ1) is 12.9. The van der Waals surface area contributed by atoms with Gasteiger partial charge in [0.15, 0.2) is 0 Å². The molecule has 0 radical (unpaired) electrons. The minimum atomic E-state index is -1.04. The molecule has 0 bridgehead atoms. The fourth-order valence-electron chi connectivity index (χ4n) is 1.34. The minimum absolute atomic E-state index is 0.0863. The molecule has 0 aliphatic heterocycles. The van der Waals surface area contributed by atoms with E-state index in [4.69, 9.17) is 16.7 Å². The predicted octanol–water partition coefficient (Wildman–Crippen LogP) is 3.29. The number of carboxylic acids is 1.